The average Bonchev–Trinajstić information content (AvgIpc) is 3.16. The van der Waals surface area contributed by atoms with Gasteiger partial charge in [-0.15, -0.1) is 11.3 Å². The van der Waals surface area contributed by atoms with E-state index in [1.807, 2.05) is 17.5 Å². The second-order valence-corrected chi connectivity index (χ2v) is 7.40. The van der Waals surface area contributed by atoms with Crippen LogP contribution < -0.4 is 0 Å². The van der Waals surface area contributed by atoms with Crippen LogP contribution in [-0.4, -0.2) is 33.2 Å². The van der Waals surface area contributed by atoms with E-state index < -0.39 is 0 Å². The molecule has 4 rings (SSSR count). The van der Waals surface area contributed by atoms with Crippen molar-refractivity contribution in [3.63, 3.8) is 0 Å². The first-order valence-electron chi connectivity index (χ1n) is 8.07. The number of rotatable bonds is 3. The fourth-order valence-corrected chi connectivity index (χ4v) is 4.84. The van der Waals surface area contributed by atoms with Crippen LogP contribution in [0.3, 0.4) is 0 Å². The summed E-state index contributed by atoms with van der Waals surface area (Å²) in [6.45, 7) is 3.33. The number of H-pyrrole nitrogens is 1. The first kappa shape index (κ1) is 13.5. The van der Waals surface area contributed by atoms with Crippen LogP contribution in [0.4, 0.5) is 0 Å². The summed E-state index contributed by atoms with van der Waals surface area (Å²) in [5.74, 6) is 0.636. The molecule has 1 aliphatic carbocycles. The molecule has 2 aromatic heterocycles. The Balaban J connectivity index is 1.46. The number of nitrogens with one attached hydrogen (secondary N) is 1. The third-order valence-corrected chi connectivity index (χ3v) is 5.99. The molecule has 1 saturated heterocycles. The van der Waals surface area contributed by atoms with E-state index in [2.05, 4.69) is 21.2 Å². The Morgan fingerprint density at radius 2 is 2.24 bits per heavy atom. The Bertz CT molecular complexity index is 566. The lowest BCUT2D eigenvalue weighted by Crippen LogP contribution is -2.34. The Kier molecular flexibility index (Phi) is 3.78. The number of aryl methyl sites for hydroxylation is 2. The van der Waals surface area contributed by atoms with Gasteiger partial charge in [0.1, 0.15) is 0 Å². The molecule has 4 nitrogen and oxygen atoms in total. The van der Waals surface area contributed by atoms with Gasteiger partial charge in [-0.1, -0.05) is 0 Å². The minimum atomic E-state index is 0.636. The van der Waals surface area contributed by atoms with E-state index in [9.17, 15) is 0 Å². The van der Waals surface area contributed by atoms with E-state index in [-0.39, 0.29) is 0 Å². The zero-order chi connectivity index (χ0) is 14.1. The first-order chi connectivity index (χ1) is 10.4. The largest absolute Gasteiger partial charge is 0.297 e. The Labute approximate surface area is 129 Å². The van der Waals surface area contributed by atoms with E-state index in [1.54, 1.807) is 4.88 Å². The zero-order valence-corrected chi connectivity index (χ0v) is 13.2. The first-order valence-corrected chi connectivity index (χ1v) is 8.89. The summed E-state index contributed by atoms with van der Waals surface area (Å²) in [6, 6.07) is 2.08. The Morgan fingerprint density at radius 3 is 3.10 bits per heavy atom. The predicted octanol–water partition coefficient (Wildman–Crippen LogP) is 3.12. The predicted molar refractivity (Wildman–Crippen MR) is 84.6 cm³/mol. The molecule has 1 atom stereocenters. The minimum absolute atomic E-state index is 0.636. The number of thiazole rings is 1. The lowest BCUT2D eigenvalue weighted by molar-refractivity contribution is 0.198. The third-order valence-electron chi connectivity index (χ3n) is 4.67. The van der Waals surface area contributed by atoms with Crippen molar-refractivity contribution in [3.05, 3.63) is 33.5 Å². The lowest BCUT2D eigenvalue weighted by Gasteiger charge is -2.31. The van der Waals surface area contributed by atoms with Crippen LogP contribution in [0.5, 0.6) is 0 Å². The quantitative estimate of drug-likeness (QED) is 0.947. The zero-order valence-electron chi connectivity index (χ0n) is 12.3. The highest BCUT2D eigenvalue weighted by molar-refractivity contribution is 7.11. The summed E-state index contributed by atoms with van der Waals surface area (Å²) in [6.07, 6.45) is 9.56. The second-order valence-electron chi connectivity index (χ2n) is 6.29. The van der Waals surface area contributed by atoms with Gasteiger partial charge < -0.3 is 0 Å². The van der Waals surface area contributed by atoms with Crippen molar-refractivity contribution in [2.75, 3.05) is 13.1 Å². The molecule has 112 valence electrons. The summed E-state index contributed by atoms with van der Waals surface area (Å²) in [5.41, 5.74) is 2.63. The monoisotopic (exact) mass is 302 g/mol. The molecular weight excluding hydrogens is 280 g/mol. The van der Waals surface area contributed by atoms with Crippen molar-refractivity contribution in [3.8, 4) is 0 Å². The Morgan fingerprint density at radius 1 is 1.29 bits per heavy atom. The van der Waals surface area contributed by atoms with Gasteiger partial charge in [-0.25, -0.2) is 4.98 Å². The van der Waals surface area contributed by atoms with E-state index in [4.69, 9.17) is 4.98 Å². The van der Waals surface area contributed by atoms with Gasteiger partial charge >= 0.3 is 0 Å². The maximum Gasteiger partial charge on any atom is 0.0974 e. The summed E-state index contributed by atoms with van der Waals surface area (Å²) < 4.78 is 0. The van der Waals surface area contributed by atoms with Gasteiger partial charge in [-0.05, 0) is 51.1 Å². The molecule has 21 heavy (non-hydrogen) atoms. The second kappa shape index (κ2) is 5.89. The normalized spacial score (nSPS) is 23.1. The average molecular weight is 302 g/mol. The number of likely N-dealkylation sites (tertiary alicyclic amines) is 1. The van der Waals surface area contributed by atoms with Crippen molar-refractivity contribution in [2.45, 2.75) is 51.0 Å². The van der Waals surface area contributed by atoms with Gasteiger partial charge in [0.2, 0.25) is 0 Å². The summed E-state index contributed by atoms with van der Waals surface area (Å²) in [7, 11) is 0. The number of piperidine rings is 1. The standard InChI is InChI=1S/C16H22N4S/c1-2-6-15-14(5-1)18-16(21-15)12-4-3-9-20(10-12)11-13-7-8-17-19-13/h7-8,12H,1-6,9-11H2,(H,17,19). The molecule has 1 fully saturated rings. The van der Waals surface area contributed by atoms with Gasteiger partial charge in [0.15, 0.2) is 0 Å². The summed E-state index contributed by atoms with van der Waals surface area (Å²) in [4.78, 5) is 9.09. The van der Waals surface area contributed by atoms with Crippen molar-refractivity contribution < 1.29 is 0 Å². The molecule has 0 spiro atoms. The molecule has 2 aromatic rings. The van der Waals surface area contributed by atoms with Crippen LogP contribution >= 0.6 is 11.3 Å². The maximum absolute atomic E-state index is 4.98. The number of aromatic nitrogens is 3. The maximum atomic E-state index is 4.98. The van der Waals surface area contributed by atoms with Crippen molar-refractivity contribution in [1.82, 2.24) is 20.1 Å². The van der Waals surface area contributed by atoms with Crippen LogP contribution in [0.2, 0.25) is 0 Å². The van der Waals surface area contributed by atoms with Crippen LogP contribution in [0.15, 0.2) is 12.3 Å². The number of hydrogen-bond acceptors (Lipinski definition) is 4. The van der Waals surface area contributed by atoms with E-state index >= 15 is 0 Å². The number of hydrogen-bond donors (Lipinski definition) is 1. The van der Waals surface area contributed by atoms with Crippen LogP contribution in [0.25, 0.3) is 0 Å². The molecule has 1 aliphatic heterocycles. The van der Waals surface area contributed by atoms with Crippen molar-refractivity contribution in [2.24, 2.45) is 0 Å². The SMILES string of the molecule is c1cc(CN2CCCC(c3nc4c(s3)CCCC4)C2)[nH]n1. The minimum Gasteiger partial charge on any atom is -0.297 e. The molecule has 0 aromatic carbocycles. The molecule has 1 unspecified atom stereocenters. The molecule has 0 radical (unpaired) electrons. The van der Waals surface area contributed by atoms with Crippen molar-refractivity contribution >= 4 is 11.3 Å². The summed E-state index contributed by atoms with van der Waals surface area (Å²) >= 11 is 1.99. The molecule has 0 saturated carbocycles. The van der Waals surface area contributed by atoms with Gasteiger partial charge in [-0.2, -0.15) is 5.10 Å². The Hall–Kier alpha value is -1.20. The van der Waals surface area contributed by atoms with E-state index in [0.29, 0.717) is 5.92 Å². The van der Waals surface area contributed by atoms with E-state index in [1.165, 1.54) is 61.5 Å². The number of nitrogens with zero attached hydrogens (tertiary/aromatic N) is 3. The lowest BCUT2D eigenvalue weighted by atomic mass is 9.98. The third kappa shape index (κ3) is 2.90. The molecule has 1 N–H and O–H groups in total. The molecule has 0 amide bonds. The van der Waals surface area contributed by atoms with Gasteiger partial charge in [0.05, 0.1) is 10.7 Å². The molecule has 2 aliphatic rings. The van der Waals surface area contributed by atoms with Crippen LogP contribution in [-0.2, 0) is 19.4 Å². The van der Waals surface area contributed by atoms with Crippen LogP contribution in [0, 0.1) is 0 Å². The number of fused-ring (bicyclic) bond motifs is 1. The highest BCUT2D eigenvalue weighted by Crippen LogP contribution is 2.34. The fraction of sp³-hybridized carbons (Fsp3) is 0.625. The molecular formula is C16H22N4S. The highest BCUT2D eigenvalue weighted by atomic mass is 32.1. The molecule has 0 bridgehead atoms. The van der Waals surface area contributed by atoms with Gasteiger partial charge in [0.25, 0.3) is 0 Å². The molecule has 3 heterocycles. The fourth-order valence-electron chi connectivity index (χ4n) is 3.56. The molecule has 5 heteroatoms. The number of aromatic amines is 1. The van der Waals surface area contributed by atoms with Gasteiger partial charge in [-0.3, -0.25) is 10.00 Å². The van der Waals surface area contributed by atoms with Crippen molar-refractivity contribution in [1.29, 1.82) is 0 Å². The summed E-state index contributed by atoms with van der Waals surface area (Å²) in [5, 5.41) is 8.52. The topological polar surface area (TPSA) is 44.8 Å². The highest BCUT2D eigenvalue weighted by Gasteiger charge is 2.26. The van der Waals surface area contributed by atoms with Crippen LogP contribution in [0.1, 0.15) is 52.9 Å². The van der Waals surface area contributed by atoms with Gasteiger partial charge in [0, 0.05) is 35.8 Å². The van der Waals surface area contributed by atoms with E-state index in [0.717, 1.165) is 13.1 Å². The smallest absolute Gasteiger partial charge is 0.0974 e.